The van der Waals surface area contributed by atoms with Crippen LogP contribution in [0, 0.1) is 0 Å². The molecule has 0 N–H and O–H groups in total. The monoisotopic (exact) mass is 773 g/mol. The lowest BCUT2D eigenvalue weighted by molar-refractivity contribution is 0.769. The average molecular weight is 774 g/mol. The lowest BCUT2D eigenvalue weighted by atomic mass is 9.67. The summed E-state index contributed by atoms with van der Waals surface area (Å²) in [5, 5.41) is 7.46. The van der Waals surface area contributed by atoms with E-state index in [2.05, 4.69) is 237 Å². The van der Waals surface area contributed by atoms with Crippen LogP contribution in [0.25, 0.3) is 88.2 Å². The first-order valence-electron chi connectivity index (χ1n) is 21.1. The van der Waals surface area contributed by atoms with Crippen LogP contribution in [0.5, 0.6) is 0 Å². The minimum atomic E-state index is -0.483. The van der Waals surface area contributed by atoms with E-state index in [1.165, 1.54) is 82.4 Å². The van der Waals surface area contributed by atoms with E-state index < -0.39 is 5.41 Å². The Morgan fingerprint density at radius 3 is 1.48 bits per heavy atom. The lowest BCUT2D eigenvalue weighted by Crippen LogP contribution is -2.28. The SMILES string of the molecule is c1ccc(-c2cc(-c3ccccc3)nc(-c3ccc4c5ccccc5c5cccc(-c6ccc7c(c6)C(c6ccccc6)(c6ccccc6)c6ccccc6-7)c5c4c3)c2)cc1. The largest absolute Gasteiger partial charge is 0.248 e. The summed E-state index contributed by atoms with van der Waals surface area (Å²) in [4.78, 5) is 5.36. The molecule has 1 heteroatoms. The van der Waals surface area contributed by atoms with E-state index in [1.807, 2.05) is 0 Å². The van der Waals surface area contributed by atoms with Gasteiger partial charge in [0.05, 0.1) is 16.8 Å². The van der Waals surface area contributed by atoms with E-state index in [4.69, 9.17) is 4.98 Å². The minimum absolute atomic E-state index is 0.483. The molecular formula is C60H39N. The van der Waals surface area contributed by atoms with E-state index in [9.17, 15) is 0 Å². The summed E-state index contributed by atoms with van der Waals surface area (Å²) < 4.78 is 0. The van der Waals surface area contributed by atoms with Crippen molar-refractivity contribution in [3.8, 4) is 55.9 Å². The number of hydrogen-bond donors (Lipinski definition) is 0. The molecule has 0 amide bonds. The van der Waals surface area contributed by atoms with Crippen molar-refractivity contribution < 1.29 is 0 Å². The van der Waals surface area contributed by atoms with Crippen LogP contribution in [0.15, 0.2) is 237 Å². The molecule has 0 atom stereocenters. The third-order valence-electron chi connectivity index (χ3n) is 12.9. The van der Waals surface area contributed by atoms with Crippen molar-refractivity contribution in [2.75, 3.05) is 0 Å². The number of pyridine rings is 1. The highest BCUT2D eigenvalue weighted by Crippen LogP contribution is 2.57. The fourth-order valence-corrected chi connectivity index (χ4v) is 10.3. The number of aromatic nitrogens is 1. The molecule has 1 aromatic heterocycles. The van der Waals surface area contributed by atoms with Gasteiger partial charge in [0.1, 0.15) is 0 Å². The molecule has 11 aromatic rings. The highest BCUT2D eigenvalue weighted by Gasteiger charge is 2.46. The van der Waals surface area contributed by atoms with Crippen LogP contribution in [0.4, 0.5) is 0 Å². The van der Waals surface area contributed by atoms with Gasteiger partial charge in [0, 0.05) is 11.1 Å². The van der Waals surface area contributed by atoms with Gasteiger partial charge in [0.25, 0.3) is 0 Å². The Balaban J connectivity index is 1.13. The Hall–Kier alpha value is -7.87. The van der Waals surface area contributed by atoms with Crippen molar-refractivity contribution in [2.45, 2.75) is 5.41 Å². The molecule has 0 unspecified atom stereocenters. The van der Waals surface area contributed by atoms with Crippen molar-refractivity contribution in [1.82, 2.24) is 4.98 Å². The topological polar surface area (TPSA) is 12.9 Å². The molecule has 12 rings (SSSR count). The molecule has 0 radical (unpaired) electrons. The molecular weight excluding hydrogens is 735 g/mol. The minimum Gasteiger partial charge on any atom is -0.248 e. The van der Waals surface area contributed by atoms with Gasteiger partial charge in [-0.3, -0.25) is 0 Å². The highest BCUT2D eigenvalue weighted by molar-refractivity contribution is 6.29. The Kier molecular flexibility index (Phi) is 8.15. The summed E-state index contributed by atoms with van der Waals surface area (Å²) in [5.41, 5.74) is 16.1. The van der Waals surface area contributed by atoms with Crippen molar-refractivity contribution in [3.05, 3.63) is 259 Å². The first-order chi connectivity index (χ1) is 30.3. The molecule has 0 saturated heterocycles. The molecule has 1 aliphatic carbocycles. The fraction of sp³-hybridized carbons (Fsp3) is 0.0167. The number of fused-ring (bicyclic) bond motifs is 9. The standard InChI is InChI=1S/C60H39N/c1-5-18-40(19-6-1)44-38-57(41-20-7-2-8-21-41)61-58(39-44)43-33-34-50-48-26-13-14-27-49(48)53-30-17-29-47(59(53)54(50)36-43)42-32-35-52-51-28-15-16-31-55(51)60(56(52)37-42,45-22-9-3-10-23-45)46-24-11-4-12-25-46/h1-39H. The quantitative estimate of drug-likeness (QED) is 0.153. The fourth-order valence-electron chi connectivity index (χ4n) is 10.3. The molecule has 1 aliphatic rings. The van der Waals surface area contributed by atoms with Crippen molar-refractivity contribution >= 4 is 32.3 Å². The van der Waals surface area contributed by atoms with Crippen LogP contribution < -0.4 is 0 Å². The Labute approximate surface area is 355 Å². The molecule has 0 fully saturated rings. The normalized spacial score (nSPS) is 12.7. The number of nitrogens with zero attached hydrogens (tertiary/aromatic N) is 1. The average Bonchev–Trinajstić information content (AvgIpc) is 3.65. The van der Waals surface area contributed by atoms with E-state index >= 15 is 0 Å². The van der Waals surface area contributed by atoms with Crippen molar-refractivity contribution in [3.63, 3.8) is 0 Å². The molecule has 61 heavy (non-hydrogen) atoms. The van der Waals surface area contributed by atoms with Crippen molar-refractivity contribution in [1.29, 1.82) is 0 Å². The zero-order valence-corrected chi connectivity index (χ0v) is 33.5. The Morgan fingerprint density at radius 1 is 0.262 bits per heavy atom. The molecule has 0 aliphatic heterocycles. The second-order valence-corrected chi connectivity index (χ2v) is 16.2. The number of rotatable bonds is 6. The maximum atomic E-state index is 5.36. The predicted molar refractivity (Wildman–Crippen MR) is 256 cm³/mol. The van der Waals surface area contributed by atoms with Crippen LogP contribution >= 0.6 is 0 Å². The Bertz CT molecular complexity index is 3350. The molecule has 0 bridgehead atoms. The van der Waals surface area contributed by atoms with E-state index in [0.29, 0.717) is 0 Å². The van der Waals surface area contributed by atoms with Crippen LogP contribution in [-0.2, 0) is 5.41 Å². The van der Waals surface area contributed by atoms with Gasteiger partial charge in [-0.05, 0) is 112 Å². The third kappa shape index (κ3) is 5.51. The zero-order valence-electron chi connectivity index (χ0n) is 33.5. The van der Waals surface area contributed by atoms with Gasteiger partial charge in [-0.2, -0.15) is 0 Å². The van der Waals surface area contributed by atoms with Gasteiger partial charge >= 0.3 is 0 Å². The summed E-state index contributed by atoms with van der Waals surface area (Å²) in [7, 11) is 0. The maximum absolute atomic E-state index is 5.36. The van der Waals surface area contributed by atoms with Crippen LogP contribution in [0.2, 0.25) is 0 Å². The first kappa shape index (κ1) is 35.1. The summed E-state index contributed by atoms with van der Waals surface area (Å²) in [6.07, 6.45) is 0. The van der Waals surface area contributed by atoms with Gasteiger partial charge < -0.3 is 0 Å². The molecule has 10 aromatic carbocycles. The number of benzene rings is 10. The van der Waals surface area contributed by atoms with Gasteiger partial charge in [-0.1, -0.05) is 212 Å². The second kappa shape index (κ2) is 14.2. The molecule has 0 spiro atoms. The van der Waals surface area contributed by atoms with E-state index in [1.54, 1.807) is 0 Å². The summed E-state index contributed by atoms with van der Waals surface area (Å²) in [6, 6.07) is 86.7. The zero-order chi connectivity index (χ0) is 40.3. The van der Waals surface area contributed by atoms with Gasteiger partial charge in [-0.15, -0.1) is 0 Å². The van der Waals surface area contributed by atoms with Crippen molar-refractivity contribution in [2.24, 2.45) is 0 Å². The first-order valence-corrected chi connectivity index (χ1v) is 21.1. The Morgan fingerprint density at radius 2 is 0.770 bits per heavy atom. The predicted octanol–water partition coefficient (Wildman–Crippen LogP) is 15.6. The molecule has 0 saturated carbocycles. The van der Waals surface area contributed by atoms with Crippen LogP contribution in [0.1, 0.15) is 22.3 Å². The second-order valence-electron chi connectivity index (χ2n) is 16.2. The molecule has 1 nitrogen and oxygen atoms in total. The number of hydrogen-bond acceptors (Lipinski definition) is 1. The van der Waals surface area contributed by atoms with Gasteiger partial charge in [0.2, 0.25) is 0 Å². The van der Waals surface area contributed by atoms with Gasteiger partial charge in [0.15, 0.2) is 0 Å². The maximum Gasteiger partial charge on any atom is 0.0715 e. The third-order valence-corrected chi connectivity index (χ3v) is 12.9. The van der Waals surface area contributed by atoms with Crippen LogP contribution in [0.3, 0.4) is 0 Å². The summed E-state index contributed by atoms with van der Waals surface area (Å²) in [5.74, 6) is 0. The molecule has 284 valence electrons. The molecule has 1 heterocycles. The van der Waals surface area contributed by atoms with Gasteiger partial charge in [-0.25, -0.2) is 4.98 Å². The summed E-state index contributed by atoms with van der Waals surface area (Å²) >= 11 is 0. The lowest BCUT2D eigenvalue weighted by Gasteiger charge is -2.34. The smallest absolute Gasteiger partial charge is 0.0715 e. The van der Waals surface area contributed by atoms with E-state index in [0.717, 1.165) is 28.1 Å². The van der Waals surface area contributed by atoms with E-state index in [-0.39, 0.29) is 0 Å². The highest BCUT2D eigenvalue weighted by atomic mass is 14.7. The summed E-state index contributed by atoms with van der Waals surface area (Å²) in [6.45, 7) is 0. The van der Waals surface area contributed by atoms with Crippen LogP contribution in [-0.4, -0.2) is 4.98 Å².